The number of nitrogens with two attached hydrogens (primary N) is 1. The molecule has 0 amide bonds. The average Bonchev–Trinajstić information content (AvgIpc) is 3.07. The van der Waals surface area contributed by atoms with Crippen molar-refractivity contribution in [2.75, 3.05) is 6.54 Å². The molecule has 0 heterocycles. The second kappa shape index (κ2) is 4.07. The summed E-state index contributed by atoms with van der Waals surface area (Å²) in [6.45, 7) is 7.22. The van der Waals surface area contributed by atoms with Crippen molar-refractivity contribution in [1.82, 2.24) is 0 Å². The summed E-state index contributed by atoms with van der Waals surface area (Å²) in [6.07, 6.45) is 7.55. The van der Waals surface area contributed by atoms with Gasteiger partial charge in [0.15, 0.2) is 0 Å². The van der Waals surface area contributed by atoms with Crippen LogP contribution in [-0.4, -0.2) is 17.3 Å². The molecule has 0 aliphatic heterocycles. The molecule has 19 heavy (non-hydrogen) atoms. The normalized spacial score (nSPS) is 31.9. The summed E-state index contributed by atoms with van der Waals surface area (Å²) >= 11 is 0. The lowest BCUT2D eigenvalue weighted by molar-refractivity contribution is 0.0457. The van der Waals surface area contributed by atoms with Gasteiger partial charge in [0.05, 0.1) is 5.60 Å². The molecule has 1 spiro atoms. The van der Waals surface area contributed by atoms with E-state index in [-0.39, 0.29) is 5.41 Å². The molecule has 0 radical (unpaired) electrons. The first kappa shape index (κ1) is 13.1. The molecule has 3 aliphatic rings. The van der Waals surface area contributed by atoms with Gasteiger partial charge in [-0.2, -0.15) is 0 Å². The lowest BCUT2D eigenvalue weighted by Crippen LogP contribution is -2.38. The Hall–Kier alpha value is -0.860. The van der Waals surface area contributed by atoms with Crippen molar-refractivity contribution in [2.45, 2.75) is 58.5 Å². The molecule has 0 aromatic heterocycles. The number of aliphatic hydroxyl groups is 1. The Morgan fingerprint density at radius 3 is 2.58 bits per heavy atom. The van der Waals surface area contributed by atoms with Crippen molar-refractivity contribution in [3.05, 3.63) is 33.9 Å². The van der Waals surface area contributed by atoms with Crippen LogP contribution < -0.4 is 5.73 Å². The molecule has 0 unspecified atom stereocenters. The molecule has 2 nitrogen and oxygen atoms in total. The highest BCUT2D eigenvalue weighted by molar-refractivity contribution is 5.63. The van der Waals surface area contributed by atoms with Crippen LogP contribution in [0.4, 0.5) is 0 Å². The van der Waals surface area contributed by atoms with Crippen LogP contribution in [0.15, 0.2) is 33.9 Å². The van der Waals surface area contributed by atoms with Crippen molar-refractivity contribution in [2.24, 2.45) is 11.1 Å². The predicted octanol–water partition coefficient (Wildman–Crippen LogP) is 3.23. The lowest BCUT2D eigenvalue weighted by Gasteiger charge is -2.37. The molecule has 1 fully saturated rings. The van der Waals surface area contributed by atoms with Gasteiger partial charge in [-0.1, -0.05) is 11.1 Å². The maximum atomic E-state index is 10.8. The summed E-state index contributed by atoms with van der Waals surface area (Å²) in [4.78, 5) is 0. The Morgan fingerprint density at radius 1 is 1.32 bits per heavy atom. The molecule has 1 atom stereocenters. The van der Waals surface area contributed by atoms with E-state index < -0.39 is 5.60 Å². The zero-order chi connectivity index (χ0) is 13.8. The minimum Gasteiger partial charge on any atom is -0.385 e. The third-order valence-electron chi connectivity index (χ3n) is 5.49. The standard InChI is InChI=1S/C17H25NO/c1-11-9-13-10-16(3,19)17(6-7-17)12(2)15(13)14(11)5-4-8-18/h10,19H,4-9,18H2,1-3H3/t16-/m1/s1. The minimum atomic E-state index is -0.653. The van der Waals surface area contributed by atoms with Gasteiger partial charge < -0.3 is 10.8 Å². The third-order valence-corrected chi connectivity index (χ3v) is 5.49. The molecule has 2 heteroatoms. The number of hydrogen-bond donors (Lipinski definition) is 2. The summed E-state index contributed by atoms with van der Waals surface area (Å²) in [7, 11) is 0. The molecule has 104 valence electrons. The average molecular weight is 259 g/mol. The Bertz CT molecular complexity index is 515. The van der Waals surface area contributed by atoms with Crippen molar-refractivity contribution in [3.8, 4) is 0 Å². The quantitative estimate of drug-likeness (QED) is 0.817. The maximum absolute atomic E-state index is 10.8. The van der Waals surface area contributed by atoms with E-state index in [0.717, 1.165) is 38.6 Å². The number of rotatable bonds is 3. The topological polar surface area (TPSA) is 46.2 Å². The van der Waals surface area contributed by atoms with E-state index in [4.69, 9.17) is 5.73 Å². The van der Waals surface area contributed by atoms with E-state index in [0.29, 0.717) is 0 Å². The van der Waals surface area contributed by atoms with Gasteiger partial charge in [0.1, 0.15) is 0 Å². The highest BCUT2D eigenvalue weighted by atomic mass is 16.3. The van der Waals surface area contributed by atoms with Crippen molar-refractivity contribution in [1.29, 1.82) is 0 Å². The first-order valence-corrected chi connectivity index (χ1v) is 7.48. The van der Waals surface area contributed by atoms with Gasteiger partial charge in [0.2, 0.25) is 0 Å². The van der Waals surface area contributed by atoms with Crippen LogP contribution in [0, 0.1) is 5.41 Å². The van der Waals surface area contributed by atoms with Crippen LogP contribution in [0.2, 0.25) is 0 Å². The molecule has 3 rings (SSSR count). The minimum absolute atomic E-state index is 0.0322. The second-order valence-electron chi connectivity index (χ2n) is 6.73. The van der Waals surface area contributed by atoms with Crippen LogP contribution >= 0.6 is 0 Å². The van der Waals surface area contributed by atoms with Gasteiger partial charge in [-0.05, 0) is 82.2 Å². The highest BCUT2D eigenvalue weighted by Crippen LogP contribution is 2.65. The molecule has 3 N–H and O–H groups in total. The van der Waals surface area contributed by atoms with Crippen LogP contribution in [0.1, 0.15) is 52.9 Å². The SMILES string of the molecule is CC1=C(CCCN)C2=C(C)C3(CC3)[C@](C)(O)C=C2C1. The van der Waals surface area contributed by atoms with E-state index in [1.165, 1.54) is 27.9 Å². The smallest absolute Gasteiger partial charge is 0.0898 e. The largest absolute Gasteiger partial charge is 0.385 e. The van der Waals surface area contributed by atoms with E-state index in [1.807, 2.05) is 6.92 Å². The molecule has 0 aromatic carbocycles. The fourth-order valence-corrected chi connectivity index (χ4v) is 4.20. The number of fused-ring (bicyclic) bond motifs is 1. The maximum Gasteiger partial charge on any atom is 0.0898 e. The first-order valence-electron chi connectivity index (χ1n) is 7.48. The van der Waals surface area contributed by atoms with Crippen LogP contribution in [-0.2, 0) is 0 Å². The van der Waals surface area contributed by atoms with Crippen molar-refractivity contribution < 1.29 is 5.11 Å². The zero-order valence-corrected chi connectivity index (χ0v) is 12.3. The fraction of sp³-hybridized carbons (Fsp3) is 0.647. The summed E-state index contributed by atoms with van der Waals surface area (Å²) < 4.78 is 0. The van der Waals surface area contributed by atoms with Gasteiger partial charge in [0, 0.05) is 5.41 Å². The van der Waals surface area contributed by atoms with Gasteiger partial charge in [-0.3, -0.25) is 0 Å². The Labute approximate surface area is 116 Å². The zero-order valence-electron chi connectivity index (χ0n) is 12.3. The summed E-state index contributed by atoms with van der Waals surface area (Å²) in [5.41, 5.74) is 12.3. The molecule has 0 aromatic rings. The molecular formula is C17H25NO. The third kappa shape index (κ3) is 1.70. The fourth-order valence-electron chi connectivity index (χ4n) is 4.20. The predicted molar refractivity (Wildman–Crippen MR) is 78.7 cm³/mol. The van der Waals surface area contributed by atoms with E-state index >= 15 is 0 Å². The monoisotopic (exact) mass is 259 g/mol. The van der Waals surface area contributed by atoms with Gasteiger partial charge >= 0.3 is 0 Å². The van der Waals surface area contributed by atoms with Crippen LogP contribution in [0.3, 0.4) is 0 Å². The second-order valence-corrected chi connectivity index (χ2v) is 6.73. The first-order chi connectivity index (χ1) is 8.93. The lowest BCUT2D eigenvalue weighted by atomic mass is 9.71. The molecule has 1 saturated carbocycles. The summed E-state index contributed by atoms with van der Waals surface area (Å²) in [5, 5.41) is 10.8. The van der Waals surface area contributed by atoms with Crippen molar-refractivity contribution >= 4 is 0 Å². The van der Waals surface area contributed by atoms with E-state index in [2.05, 4.69) is 19.9 Å². The number of allylic oxidation sites excluding steroid dienone is 4. The Balaban J connectivity index is 2.05. The van der Waals surface area contributed by atoms with Gasteiger partial charge in [0.25, 0.3) is 0 Å². The van der Waals surface area contributed by atoms with Crippen molar-refractivity contribution in [3.63, 3.8) is 0 Å². The molecule has 3 aliphatic carbocycles. The van der Waals surface area contributed by atoms with Crippen LogP contribution in [0.5, 0.6) is 0 Å². The molecule has 0 bridgehead atoms. The van der Waals surface area contributed by atoms with E-state index in [1.54, 1.807) is 0 Å². The molecular weight excluding hydrogens is 234 g/mol. The Morgan fingerprint density at radius 2 is 2.00 bits per heavy atom. The summed E-state index contributed by atoms with van der Waals surface area (Å²) in [6, 6.07) is 0. The van der Waals surface area contributed by atoms with Gasteiger partial charge in [-0.25, -0.2) is 0 Å². The van der Waals surface area contributed by atoms with Gasteiger partial charge in [-0.15, -0.1) is 0 Å². The Kier molecular flexibility index (Phi) is 2.81. The number of hydrogen-bond acceptors (Lipinski definition) is 2. The molecule has 0 saturated heterocycles. The van der Waals surface area contributed by atoms with Crippen LogP contribution in [0.25, 0.3) is 0 Å². The summed E-state index contributed by atoms with van der Waals surface area (Å²) in [5.74, 6) is 0. The van der Waals surface area contributed by atoms with E-state index in [9.17, 15) is 5.11 Å². The highest BCUT2D eigenvalue weighted by Gasteiger charge is 2.59.